The zero-order valence-electron chi connectivity index (χ0n) is 12.6. The van der Waals surface area contributed by atoms with Gasteiger partial charge in [-0.1, -0.05) is 24.5 Å². The van der Waals surface area contributed by atoms with Gasteiger partial charge >= 0.3 is 0 Å². The predicted molar refractivity (Wildman–Crippen MR) is 79.7 cm³/mol. The van der Waals surface area contributed by atoms with Crippen molar-refractivity contribution < 1.29 is 4.79 Å². The lowest BCUT2D eigenvalue weighted by molar-refractivity contribution is 0.0467. The lowest BCUT2D eigenvalue weighted by atomic mass is 9.68. The van der Waals surface area contributed by atoms with Crippen molar-refractivity contribution in [3.8, 4) is 0 Å². The summed E-state index contributed by atoms with van der Waals surface area (Å²) in [6.45, 7) is 2.83. The molecule has 116 valence electrons. The van der Waals surface area contributed by atoms with E-state index in [0.29, 0.717) is 24.2 Å². The molecule has 3 rings (SSSR count). The standard InChI is InChI=1S/C15H25N5O/c16-8-11-20-12-13(17-18-20)14(21)19-9-6-15(7-10-19)4-2-1-3-5-15/h12H,1-11,16H2. The summed E-state index contributed by atoms with van der Waals surface area (Å²) in [5.41, 5.74) is 6.45. The van der Waals surface area contributed by atoms with E-state index in [4.69, 9.17) is 5.73 Å². The van der Waals surface area contributed by atoms with Crippen molar-refractivity contribution in [2.45, 2.75) is 51.5 Å². The van der Waals surface area contributed by atoms with Gasteiger partial charge in [0.15, 0.2) is 5.69 Å². The molecule has 1 saturated heterocycles. The van der Waals surface area contributed by atoms with E-state index in [2.05, 4.69) is 10.3 Å². The second-order valence-corrected chi connectivity index (χ2v) is 6.51. The molecule has 6 nitrogen and oxygen atoms in total. The third kappa shape index (κ3) is 3.10. The molecule has 1 aliphatic carbocycles. The molecule has 1 saturated carbocycles. The fourth-order valence-corrected chi connectivity index (χ4v) is 3.79. The highest BCUT2D eigenvalue weighted by atomic mass is 16.2. The van der Waals surface area contributed by atoms with E-state index >= 15 is 0 Å². The maximum absolute atomic E-state index is 12.5. The second kappa shape index (κ2) is 6.13. The average Bonchev–Trinajstić information content (AvgIpc) is 2.97. The van der Waals surface area contributed by atoms with E-state index in [0.717, 1.165) is 25.9 Å². The van der Waals surface area contributed by atoms with Crippen molar-refractivity contribution in [1.29, 1.82) is 0 Å². The van der Waals surface area contributed by atoms with Gasteiger partial charge in [0.25, 0.3) is 5.91 Å². The molecule has 0 aromatic carbocycles. The van der Waals surface area contributed by atoms with Gasteiger partial charge in [0, 0.05) is 19.6 Å². The molecule has 0 bridgehead atoms. The van der Waals surface area contributed by atoms with Crippen LogP contribution >= 0.6 is 0 Å². The number of amides is 1. The summed E-state index contributed by atoms with van der Waals surface area (Å²) in [5.74, 6) is 0.0175. The van der Waals surface area contributed by atoms with Crippen LogP contribution in [0.2, 0.25) is 0 Å². The molecule has 2 heterocycles. The molecule has 0 unspecified atom stereocenters. The number of carbonyl (C=O) groups excluding carboxylic acids is 1. The Kier molecular flexibility index (Phi) is 4.24. The Morgan fingerprint density at radius 1 is 1.19 bits per heavy atom. The fourth-order valence-electron chi connectivity index (χ4n) is 3.79. The molecule has 1 amide bonds. The first-order valence-electron chi connectivity index (χ1n) is 8.12. The van der Waals surface area contributed by atoms with Crippen molar-refractivity contribution >= 4 is 5.91 Å². The van der Waals surface area contributed by atoms with Crippen LogP contribution in [0.1, 0.15) is 55.4 Å². The molecule has 2 aliphatic rings. The van der Waals surface area contributed by atoms with Gasteiger partial charge in [0.05, 0.1) is 12.7 Å². The molecule has 6 heteroatoms. The van der Waals surface area contributed by atoms with Crippen molar-refractivity contribution in [1.82, 2.24) is 19.9 Å². The zero-order valence-corrected chi connectivity index (χ0v) is 12.6. The van der Waals surface area contributed by atoms with Crippen molar-refractivity contribution in [3.63, 3.8) is 0 Å². The Bertz CT molecular complexity index is 482. The first kappa shape index (κ1) is 14.5. The van der Waals surface area contributed by atoms with E-state index in [1.807, 2.05) is 4.90 Å². The third-order valence-corrected chi connectivity index (χ3v) is 5.14. The average molecular weight is 291 g/mol. The van der Waals surface area contributed by atoms with Crippen LogP contribution in [0, 0.1) is 5.41 Å². The van der Waals surface area contributed by atoms with Gasteiger partial charge in [-0.05, 0) is 31.1 Å². The molecule has 21 heavy (non-hydrogen) atoms. The van der Waals surface area contributed by atoms with E-state index in [1.165, 1.54) is 32.1 Å². The van der Waals surface area contributed by atoms with Crippen LogP contribution in [0.15, 0.2) is 6.20 Å². The normalized spacial score (nSPS) is 21.7. The number of hydrogen-bond acceptors (Lipinski definition) is 4. The first-order chi connectivity index (χ1) is 10.2. The molecular formula is C15H25N5O. The number of nitrogens with two attached hydrogens (primary N) is 1. The summed E-state index contributed by atoms with van der Waals surface area (Å²) in [6, 6.07) is 0. The Balaban J connectivity index is 1.59. The summed E-state index contributed by atoms with van der Waals surface area (Å²) in [4.78, 5) is 14.4. The summed E-state index contributed by atoms with van der Waals surface area (Å²) in [7, 11) is 0. The van der Waals surface area contributed by atoms with E-state index in [1.54, 1.807) is 10.9 Å². The highest BCUT2D eigenvalue weighted by Crippen LogP contribution is 2.44. The highest BCUT2D eigenvalue weighted by Gasteiger charge is 2.37. The van der Waals surface area contributed by atoms with Gasteiger partial charge in [-0.25, -0.2) is 0 Å². The lowest BCUT2D eigenvalue weighted by Crippen LogP contribution is -2.44. The minimum atomic E-state index is 0.0175. The van der Waals surface area contributed by atoms with Crippen LogP contribution in [0.25, 0.3) is 0 Å². The predicted octanol–water partition coefficient (Wildman–Crippen LogP) is 1.42. The second-order valence-electron chi connectivity index (χ2n) is 6.51. The largest absolute Gasteiger partial charge is 0.337 e. The SMILES string of the molecule is NCCn1cc(C(=O)N2CCC3(CCCCC3)CC2)nn1. The van der Waals surface area contributed by atoms with Gasteiger partial charge < -0.3 is 10.6 Å². The number of piperidine rings is 1. The van der Waals surface area contributed by atoms with Crippen LogP contribution in [0.3, 0.4) is 0 Å². The summed E-state index contributed by atoms with van der Waals surface area (Å²) in [5, 5.41) is 7.92. The van der Waals surface area contributed by atoms with Gasteiger partial charge in [-0.3, -0.25) is 9.48 Å². The van der Waals surface area contributed by atoms with Crippen molar-refractivity contribution in [2.24, 2.45) is 11.1 Å². The van der Waals surface area contributed by atoms with Crippen LogP contribution < -0.4 is 5.73 Å². The molecular weight excluding hydrogens is 266 g/mol. The molecule has 0 atom stereocenters. The van der Waals surface area contributed by atoms with Crippen LogP contribution in [-0.4, -0.2) is 45.4 Å². The number of hydrogen-bond donors (Lipinski definition) is 1. The Morgan fingerprint density at radius 3 is 2.57 bits per heavy atom. The quantitative estimate of drug-likeness (QED) is 0.913. The van der Waals surface area contributed by atoms with Gasteiger partial charge in [0.1, 0.15) is 0 Å². The smallest absolute Gasteiger partial charge is 0.276 e. The van der Waals surface area contributed by atoms with Gasteiger partial charge in [0.2, 0.25) is 0 Å². The molecule has 1 aromatic heterocycles. The number of likely N-dealkylation sites (tertiary alicyclic amines) is 1. The Morgan fingerprint density at radius 2 is 1.90 bits per heavy atom. The van der Waals surface area contributed by atoms with E-state index < -0.39 is 0 Å². The van der Waals surface area contributed by atoms with Crippen LogP contribution in [0.4, 0.5) is 0 Å². The van der Waals surface area contributed by atoms with Crippen LogP contribution in [0.5, 0.6) is 0 Å². The van der Waals surface area contributed by atoms with E-state index in [9.17, 15) is 4.79 Å². The first-order valence-corrected chi connectivity index (χ1v) is 8.12. The molecule has 2 N–H and O–H groups in total. The fraction of sp³-hybridized carbons (Fsp3) is 0.800. The molecule has 1 aliphatic heterocycles. The monoisotopic (exact) mass is 291 g/mol. The lowest BCUT2D eigenvalue weighted by Gasteiger charge is -2.44. The Labute approximate surface area is 125 Å². The molecule has 0 radical (unpaired) electrons. The number of carbonyl (C=O) groups is 1. The summed E-state index contributed by atoms with van der Waals surface area (Å²) < 4.78 is 1.64. The molecule has 2 fully saturated rings. The van der Waals surface area contributed by atoms with Gasteiger partial charge in [-0.2, -0.15) is 0 Å². The number of aromatic nitrogens is 3. The molecule has 1 spiro atoms. The summed E-state index contributed by atoms with van der Waals surface area (Å²) >= 11 is 0. The Hall–Kier alpha value is -1.43. The number of nitrogens with zero attached hydrogens (tertiary/aromatic N) is 4. The maximum Gasteiger partial charge on any atom is 0.276 e. The minimum Gasteiger partial charge on any atom is -0.337 e. The number of rotatable bonds is 3. The molecule has 1 aromatic rings. The van der Waals surface area contributed by atoms with Crippen LogP contribution in [-0.2, 0) is 6.54 Å². The minimum absolute atomic E-state index is 0.0175. The summed E-state index contributed by atoms with van der Waals surface area (Å²) in [6.07, 6.45) is 10.8. The topological polar surface area (TPSA) is 77.0 Å². The maximum atomic E-state index is 12.5. The van der Waals surface area contributed by atoms with Crippen molar-refractivity contribution in [2.75, 3.05) is 19.6 Å². The van der Waals surface area contributed by atoms with E-state index in [-0.39, 0.29) is 5.91 Å². The third-order valence-electron chi connectivity index (χ3n) is 5.14. The van der Waals surface area contributed by atoms with Gasteiger partial charge in [-0.15, -0.1) is 5.10 Å². The zero-order chi connectivity index (χ0) is 14.7. The van der Waals surface area contributed by atoms with Crippen molar-refractivity contribution in [3.05, 3.63) is 11.9 Å². The highest BCUT2D eigenvalue weighted by molar-refractivity contribution is 5.92.